The molecule has 0 bridgehead atoms. The van der Waals surface area contributed by atoms with Crippen LogP contribution in [0, 0.1) is 0 Å². The van der Waals surface area contributed by atoms with Gasteiger partial charge in [0.2, 0.25) is 0 Å². The molecule has 1 aromatic heterocycles. The average molecular weight is 273 g/mol. The fourth-order valence-corrected chi connectivity index (χ4v) is 1.64. The second kappa shape index (κ2) is 6.82. The Labute approximate surface area is 98.8 Å². The molecule has 1 atom stereocenters. The number of nitrogens with one attached hydrogen (secondary N) is 1. The molecule has 0 radical (unpaired) electrons. The van der Waals surface area contributed by atoms with Gasteiger partial charge >= 0.3 is 0 Å². The molecule has 1 rings (SSSR count). The van der Waals surface area contributed by atoms with Crippen molar-refractivity contribution in [2.24, 2.45) is 5.73 Å². The minimum absolute atomic E-state index is 0.0987. The molecule has 0 fully saturated rings. The number of furan rings is 1. The normalized spacial score (nSPS) is 13.5. The first kappa shape index (κ1) is 12.5. The summed E-state index contributed by atoms with van der Waals surface area (Å²) in [6.45, 7) is 3.46. The van der Waals surface area contributed by atoms with Crippen LogP contribution in [0.4, 0.5) is 0 Å². The van der Waals surface area contributed by atoms with Crippen LogP contribution in [-0.4, -0.2) is 13.1 Å². The topological polar surface area (TPSA) is 51.2 Å². The van der Waals surface area contributed by atoms with Crippen LogP contribution in [0.1, 0.15) is 25.1 Å². The monoisotopic (exact) mass is 272 g/mol. The smallest absolute Gasteiger partial charge is 0.169 e. The van der Waals surface area contributed by atoms with Crippen molar-refractivity contribution in [3.05, 3.63) is 34.7 Å². The number of nitrogens with two attached hydrogens (primary N) is 1. The van der Waals surface area contributed by atoms with Gasteiger partial charge in [-0.1, -0.05) is 12.2 Å². The Morgan fingerprint density at radius 1 is 1.60 bits per heavy atom. The maximum absolute atomic E-state index is 5.67. The summed E-state index contributed by atoms with van der Waals surface area (Å²) < 4.78 is 6.19. The Kier molecular flexibility index (Phi) is 5.68. The Hall–Kier alpha value is -0.580. The highest BCUT2D eigenvalue weighted by Gasteiger charge is 2.11. The van der Waals surface area contributed by atoms with Crippen LogP contribution in [0.2, 0.25) is 0 Å². The van der Waals surface area contributed by atoms with Gasteiger partial charge in [-0.25, -0.2) is 0 Å². The van der Waals surface area contributed by atoms with Crippen molar-refractivity contribution in [1.29, 1.82) is 0 Å². The van der Waals surface area contributed by atoms with Crippen LogP contribution < -0.4 is 11.1 Å². The molecular weight excluding hydrogens is 256 g/mol. The second-order valence-electron chi connectivity index (χ2n) is 3.24. The Morgan fingerprint density at radius 3 is 2.93 bits per heavy atom. The molecule has 0 saturated carbocycles. The van der Waals surface area contributed by atoms with E-state index in [1.54, 1.807) is 0 Å². The SMILES string of the molecule is C/C=C/CCNC(CN)c1ccc(Br)o1. The van der Waals surface area contributed by atoms with E-state index in [-0.39, 0.29) is 6.04 Å². The van der Waals surface area contributed by atoms with Crippen LogP contribution in [0.5, 0.6) is 0 Å². The molecule has 0 aliphatic rings. The second-order valence-corrected chi connectivity index (χ2v) is 4.02. The van der Waals surface area contributed by atoms with Crippen molar-refractivity contribution in [3.8, 4) is 0 Å². The summed E-state index contributed by atoms with van der Waals surface area (Å²) in [7, 11) is 0. The van der Waals surface area contributed by atoms with Gasteiger partial charge in [-0.05, 0) is 48.0 Å². The maximum Gasteiger partial charge on any atom is 0.169 e. The number of allylic oxidation sites excluding steroid dienone is 1. The zero-order chi connectivity index (χ0) is 11.1. The van der Waals surface area contributed by atoms with Gasteiger partial charge in [-0.3, -0.25) is 0 Å². The maximum atomic E-state index is 5.67. The average Bonchev–Trinajstić information content (AvgIpc) is 2.65. The van der Waals surface area contributed by atoms with Crippen molar-refractivity contribution in [2.45, 2.75) is 19.4 Å². The summed E-state index contributed by atoms with van der Waals surface area (Å²) in [5, 5.41) is 3.34. The van der Waals surface area contributed by atoms with Gasteiger partial charge < -0.3 is 15.5 Å². The first-order valence-electron chi connectivity index (χ1n) is 5.07. The van der Waals surface area contributed by atoms with Gasteiger partial charge in [0.25, 0.3) is 0 Å². The predicted octanol–water partition coefficient (Wildman–Crippen LogP) is 2.60. The Morgan fingerprint density at radius 2 is 2.40 bits per heavy atom. The van der Waals surface area contributed by atoms with Crippen molar-refractivity contribution in [3.63, 3.8) is 0 Å². The van der Waals surface area contributed by atoms with E-state index in [9.17, 15) is 0 Å². The molecule has 0 amide bonds. The summed E-state index contributed by atoms with van der Waals surface area (Å²) in [6, 6.07) is 3.91. The van der Waals surface area contributed by atoms with E-state index in [4.69, 9.17) is 10.2 Å². The van der Waals surface area contributed by atoms with Crippen LogP contribution >= 0.6 is 15.9 Å². The minimum atomic E-state index is 0.0987. The number of hydrogen-bond donors (Lipinski definition) is 2. The molecule has 0 aliphatic carbocycles. The van der Waals surface area contributed by atoms with Gasteiger partial charge in [0, 0.05) is 6.54 Å². The highest BCUT2D eigenvalue weighted by Crippen LogP contribution is 2.19. The molecule has 0 spiro atoms. The summed E-state index contributed by atoms with van der Waals surface area (Å²) in [6.07, 6.45) is 5.18. The first-order valence-corrected chi connectivity index (χ1v) is 5.87. The van der Waals surface area contributed by atoms with E-state index in [0.29, 0.717) is 6.54 Å². The van der Waals surface area contributed by atoms with Crippen molar-refractivity contribution >= 4 is 15.9 Å². The first-order chi connectivity index (χ1) is 7.27. The summed E-state index contributed by atoms with van der Waals surface area (Å²) in [5.41, 5.74) is 5.67. The highest BCUT2D eigenvalue weighted by molar-refractivity contribution is 9.10. The lowest BCUT2D eigenvalue weighted by atomic mass is 10.2. The Balaban J connectivity index is 2.42. The fraction of sp³-hybridized carbons (Fsp3) is 0.455. The van der Waals surface area contributed by atoms with Crippen molar-refractivity contribution in [1.82, 2.24) is 5.32 Å². The van der Waals surface area contributed by atoms with Crippen LogP contribution in [0.3, 0.4) is 0 Å². The van der Waals surface area contributed by atoms with Gasteiger partial charge in [-0.2, -0.15) is 0 Å². The largest absolute Gasteiger partial charge is 0.453 e. The third kappa shape index (κ3) is 4.20. The summed E-state index contributed by atoms with van der Waals surface area (Å²) in [4.78, 5) is 0. The molecular formula is C11H17BrN2O. The number of rotatable bonds is 6. The predicted molar refractivity (Wildman–Crippen MR) is 65.6 cm³/mol. The zero-order valence-electron chi connectivity index (χ0n) is 8.87. The standard InChI is InChI=1S/C11H17BrN2O/c1-2-3-4-7-14-9(8-13)10-5-6-11(12)15-10/h2-3,5-6,9,14H,4,7-8,13H2,1H3/b3-2+. The van der Waals surface area contributed by atoms with E-state index in [1.807, 2.05) is 25.1 Å². The lowest BCUT2D eigenvalue weighted by Crippen LogP contribution is -2.28. The molecule has 4 heteroatoms. The van der Waals surface area contributed by atoms with E-state index >= 15 is 0 Å². The highest BCUT2D eigenvalue weighted by atomic mass is 79.9. The molecule has 3 nitrogen and oxygen atoms in total. The van der Waals surface area contributed by atoms with Crippen LogP contribution in [-0.2, 0) is 0 Å². The van der Waals surface area contributed by atoms with Gasteiger partial charge in [0.05, 0.1) is 6.04 Å². The molecule has 1 heterocycles. The van der Waals surface area contributed by atoms with Gasteiger partial charge in [-0.15, -0.1) is 0 Å². The third-order valence-electron chi connectivity index (χ3n) is 2.11. The zero-order valence-corrected chi connectivity index (χ0v) is 10.5. The van der Waals surface area contributed by atoms with E-state index in [2.05, 4.69) is 27.3 Å². The summed E-state index contributed by atoms with van der Waals surface area (Å²) in [5.74, 6) is 0.879. The Bertz CT molecular complexity index is 309. The van der Waals surface area contributed by atoms with Crippen molar-refractivity contribution in [2.75, 3.05) is 13.1 Å². The molecule has 0 saturated heterocycles. The minimum Gasteiger partial charge on any atom is -0.453 e. The number of hydrogen-bond acceptors (Lipinski definition) is 3. The summed E-state index contributed by atoms with van der Waals surface area (Å²) >= 11 is 3.28. The van der Waals surface area contributed by atoms with Gasteiger partial charge in [0.1, 0.15) is 5.76 Å². The van der Waals surface area contributed by atoms with Crippen LogP contribution in [0.15, 0.2) is 33.4 Å². The molecule has 3 N–H and O–H groups in total. The lowest BCUT2D eigenvalue weighted by Gasteiger charge is -2.13. The van der Waals surface area contributed by atoms with E-state index < -0.39 is 0 Å². The molecule has 0 aliphatic heterocycles. The van der Waals surface area contributed by atoms with E-state index in [0.717, 1.165) is 23.4 Å². The van der Waals surface area contributed by atoms with Crippen LogP contribution in [0.25, 0.3) is 0 Å². The third-order valence-corrected chi connectivity index (χ3v) is 2.54. The quantitative estimate of drug-likeness (QED) is 0.618. The lowest BCUT2D eigenvalue weighted by molar-refractivity contribution is 0.408. The van der Waals surface area contributed by atoms with Gasteiger partial charge in [0.15, 0.2) is 4.67 Å². The van der Waals surface area contributed by atoms with Crippen molar-refractivity contribution < 1.29 is 4.42 Å². The molecule has 84 valence electrons. The number of halogens is 1. The fourth-order valence-electron chi connectivity index (χ4n) is 1.32. The molecule has 0 aromatic carbocycles. The van der Waals surface area contributed by atoms with E-state index in [1.165, 1.54) is 0 Å². The molecule has 15 heavy (non-hydrogen) atoms. The molecule has 1 unspecified atom stereocenters. The molecule has 1 aromatic rings.